The number of nitrogens with zero attached hydrogens (tertiary/aromatic N) is 2. The van der Waals surface area contributed by atoms with Gasteiger partial charge in [0.25, 0.3) is 0 Å². The van der Waals surface area contributed by atoms with Crippen LogP contribution in [-0.4, -0.2) is 66.2 Å². The first kappa shape index (κ1) is 16.8. The minimum Gasteiger partial charge on any atom is -0.481 e. The molecule has 6 nitrogen and oxygen atoms in total. The normalized spacial score (nSPS) is 19.9. The van der Waals surface area contributed by atoms with E-state index in [-0.39, 0.29) is 12.5 Å². The van der Waals surface area contributed by atoms with Crippen LogP contribution in [0, 0.1) is 5.92 Å². The smallest absolute Gasteiger partial charge is 0.317 e. The van der Waals surface area contributed by atoms with Gasteiger partial charge in [-0.1, -0.05) is 0 Å². The van der Waals surface area contributed by atoms with Gasteiger partial charge in [-0.25, -0.2) is 4.79 Å². The third kappa shape index (κ3) is 5.77. The van der Waals surface area contributed by atoms with Crippen molar-refractivity contribution in [3.63, 3.8) is 0 Å². The summed E-state index contributed by atoms with van der Waals surface area (Å²) in [6.45, 7) is 6.56. The summed E-state index contributed by atoms with van der Waals surface area (Å²) in [5.74, 6) is -0.312. The predicted molar refractivity (Wildman–Crippen MR) is 77.7 cm³/mol. The molecule has 1 saturated heterocycles. The Morgan fingerprint density at radius 1 is 1.45 bits per heavy atom. The zero-order valence-electron chi connectivity index (χ0n) is 13.0. The van der Waals surface area contributed by atoms with Crippen LogP contribution in [-0.2, 0) is 4.79 Å². The SMILES string of the molecule is CN1CCC(CN(C)C(=O)NC(C)(C)CCC(=O)O)C1. The first-order valence-electron chi connectivity index (χ1n) is 7.13. The van der Waals surface area contributed by atoms with Gasteiger partial charge in [-0.15, -0.1) is 0 Å². The number of aliphatic carboxylic acids is 1. The summed E-state index contributed by atoms with van der Waals surface area (Å²) in [6, 6.07) is -0.130. The highest BCUT2D eigenvalue weighted by atomic mass is 16.4. The van der Waals surface area contributed by atoms with E-state index in [9.17, 15) is 9.59 Å². The number of rotatable bonds is 6. The molecule has 0 aliphatic carbocycles. The van der Waals surface area contributed by atoms with E-state index in [4.69, 9.17) is 5.11 Å². The highest BCUT2D eigenvalue weighted by Gasteiger charge is 2.26. The summed E-state index contributed by atoms with van der Waals surface area (Å²) >= 11 is 0. The minimum absolute atomic E-state index is 0.0599. The van der Waals surface area contributed by atoms with E-state index in [0.717, 1.165) is 26.1 Å². The second-order valence-electron chi connectivity index (χ2n) is 6.51. The van der Waals surface area contributed by atoms with E-state index in [1.807, 2.05) is 13.8 Å². The number of carbonyl (C=O) groups is 2. The molecule has 0 aromatic carbocycles. The van der Waals surface area contributed by atoms with Gasteiger partial charge in [0, 0.05) is 32.1 Å². The van der Waals surface area contributed by atoms with Crippen LogP contribution < -0.4 is 5.32 Å². The maximum atomic E-state index is 12.1. The number of nitrogens with one attached hydrogen (secondary N) is 1. The topological polar surface area (TPSA) is 72.9 Å². The fourth-order valence-electron chi connectivity index (χ4n) is 2.51. The average molecular weight is 285 g/mol. The van der Waals surface area contributed by atoms with Gasteiger partial charge < -0.3 is 20.2 Å². The van der Waals surface area contributed by atoms with Crippen LogP contribution in [0.5, 0.6) is 0 Å². The van der Waals surface area contributed by atoms with Gasteiger partial charge >= 0.3 is 12.0 Å². The van der Waals surface area contributed by atoms with Crippen LogP contribution in [0.2, 0.25) is 0 Å². The van der Waals surface area contributed by atoms with Crippen LogP contribution in [0.4, 0.5) is 4.79 Å². The minimum atomic E-state index is -0.838. The molecule has 1 aliphatic rings. The quantitative estimate of drug-likeness (QED) is 0.769. The molecule has 2 amide bonds. The molecule has 2 N–H and O–H groups in total. The number of likely N-dealkylation sites (tertiary alicyclic amines) is 1. The Kier molecular flexibility index (Phi) is 5.80. The summed E-state index contributed by atoms with van der Waals surface area (Å²) < 4.78 is 0. The standard InChI is InChI=1S/C14H27N3O3/c1-14(2,7-5-12(18)19)15-13(20)17(4)10-11-6-8-16(3)9-11/h11H,5-10H2,1-4H3,(H,15,20)(H,18,19). The lowest BCUT2D eigenvalue weighted by atomic mass is 9.98. The largest absolute Gasteiger partial charge is 0.481 e. The lowest BCUT2D eigenvalue weighted by Crippen LogP contribution is -2.50. The van der Waals surface area contributed by atoms with Crippen molar-refractivity contribution in [1.82, 2.24) is 15.1 Å². The van der Waals surface area contributed by atoms with Crippen molar-refractivity contribution >= 4 is 12.0 Å². The van der Waals surface area contributed by atoms with E-state index in [0.29, 0.717) is 12.3 Å². The zero-order valence-corrected chi connectivity index (χ0v) is 13.0. The molecule has 1 atom stereocenters. The maximum Gasteiger partial charge on any atom is 0.317 e. The first-order valence-corrected chi connectivity index (χ1v) is 7.13. The van der Waals surface area contributed by atoms with Crippen molar-refractivity contribution in [2.45, 2.75) is 38.6 Å². The molecule has 1 heterocycles. The van der Waals surface area contributed by atoms with Crippen molar-refractivity contribution < 1.29 is 14.7 Å². The van der Waals surface area contributed by atoms with Gasteiger partial charge in [0.15, 0.2) is 0 Å². The molecule has 0 saturated carbocycles. The highest BCUT2D eigenvalue weighted by Crippen LogP contribution is 2.16. The number of carboxylic acids is 1. The molecule has 6 heteroatoms. The Morgan fingerprint density at radius 3 is 2.60 bits per heavy atom. The second kappa shape index (κ2) is 6.92. The zero-order chi connectivity index (χ0) is 15.3. The van der Waals surface area contributed by atoms with Crippen LogP contribution >= 0.6 is 0 Å². The van der Waals surface area contributed by atoms with Crippen LogP contribution in [0.25, 0.3) is 0 Å². The molecule has 0 aromatic heterocycles. The maximum absolute atomic E-state index is 12.1. The number of amides is 2. The highest BCUT2D eigenvalue weighted by molar-refractivity contribution is 5.75. The van der Waals surface area contributed by atoms with E-state index < -0.39 is 11.5 Å². The molecule has 0 spiro atoms. The molecule has 1 fully saturated rings. The molecular formula is C14H27N3O3. The van der Waals surface area contributed by atoms with Crippen molar-refractivity contribution in [2.75, 3.05) is 33.7 Å². The Balaban J connectivity index is 2.38. The fraction of sp³-hybridized carbons (Fsp3) is 0.857. The molecule has 1 rings (SSSR count). The van der Waals surface area contributed by atoms with Gasteiger partial charge in [0.2, 0.25) is 0 Å². The van der Waals surface area contributed by atoms with Crippen molar-refractivity contribution in [3.05, 3.63) is 0 Å². The van der Waals surface area contributed by atoms with Crippen molar-refractivity contribution in [3.8, 4) is 0 Å². The van der Waals surface area contributed by atoms with Crippen LogP contribution in [0.3, 0.4) is 0 Å². The number of hydrogen-bond acceptors (Lipinski definition) is 3. The van der Waals surface area contributed by atoms with Gasteiger partial charge in [0.1, 0.15) is 0 Å². The number of carboxylic acid groups (broad SMARTS) is 1. The fourth-order valence-corrected chi connectivity index (χ4v) is 2.51. The van der Waals surface area contributed by atoms with E-state index >= 15 is 0 Å². The van der Waals surface area contributed by atoms with Gasteiger partial charge in [-0.05, 0) is 46.2 Å². The van der Waals surface area contributed by atoms with E-state index in [1.54, 1.807) is 11.9 Å². The van der Waals surface area contributed by atoms with Crippen LogP contribution in [0.15, 0.2) is 0 Å². The Hall–Kier alpha value is -1.30. The number of urea groups is 1. The summed E-state index contributed by atoms with van der Waals surface area (Å²) in [5, 5.41) is 11.6. The lowest BCUT2D eigenvalue weighted by molar-refractivity contribution is -0.137. The monoisotopic (exact) mass is 285 g/mol. The molecule has 0 radical (unpaired) electrons. The van der Waals surface area contributed by atoms with Gasteiger partial charge in [0.05, 0.1) is 0 Å². The molecule has 20 heavy (non-hydrogen) atoms. The van der Waals surface area contributed by atoms with Crippen molar-refractivity contribution in [1.29, 1.82) is 0 Å². The van der Waals surface area contributed by atoms with Gasteiger partial charge in [-0.3, -0.25) is 4.79 Å². The molecule has 1 aliphatic heterocycles. The molecule has 0 aromatic rings. The molecular weight excluding hydrogens is 258 g/mol. The Morgan fingerprint density at radius 2 is 2.10 bits per heavy atom. The predicted octanol–water partition coefficient (Wildman–Crippen LogP) is 1.22. The summed E-state index contributed by atoms with van der Waals surface area (Å²) in [7, 11) is 3.88. The molecule has 116 valence electrons. The second-order valence-corrected chi connectivity index (χ2v) is 6.51. The molecule has 1 unspecified atom stereocenters. The number of hydrogen-bond donors (Lipinski definition) is 2. The third-order valence-corrected chi connectivity index (χ3v) is 3.78. The summed E-state index contributed by atoms with van der Waals surface area (Å²) in [5.41, 5.74) is -0.504. The lowest BCUT2D eigenvalue weighted by Gasteiger charge is -2.30. The Bertz CT molecular complexity index is 358. The Labute approximate surface area is 121 Å². The van der Waals surface area contributed by atoms with E-state index in [2.05, 4.69) is 17.3 Å². The average Bonchev–Trinajstić information content (AvgIpc) is 2.71. The first-order chi connectivity index (χ1) is 9.19. The summed E-state index contributed by atoms with van der Waals surface area (Å²) in [6.07, 6.45) is 1.61. The summed E-state index contributed by atoms with van der Waals surface area (Å²) in [4.78, 5) is 26.7. The van der Waals surface area contributed by atoms with Crippen LogP contribution in [0.1, 0.15) is 33.1 Å². The van der Waals surface area contributed by atoms with Gasteiger partial charge in [-0.2, -0.15) is 0 Å². The number of carbonyl (C=O) groups excluding carboxylic acids is 1. The van der Waals surface area contributed by atoms with E-state index in [1.165, 1.54) is 0 Å². The molecule has 0 bridgehead atoms. The van der Waals surface area contributed by atoms with Crippen molar-refractivity contribution in [2.24, 2.45) is 5.92 Å². The third-order valence-electron chi connectivity index (χ3n) is 3.78.